The minimum absolute atomic E-state index is 0.158. The molecule has 1 amide bonds. The number of nitrogens with one attached hydrogen (secondary N) is 2. The van der Waals surface area contributed by atoms with Gasteiger partial charge in [0.15, 0.2) is 0 Å². The Morgan fingerprint density at radius 1 is 1.04 bits per heavy atom. The van der Waals surface area contributed by atoms with Gasteiger partial charge in [0.05, 0.1) is 17.3 Å². The Morgan fingerprint density at radius 3 is 2.28 bits per heavy atom. The number of anilines is 1. The number of halogens is 4. The molecule has 25 heavy (non-hydrogen) atoms. The maximum atomic E-state index is 13.0. The topological polar surface area (TPSA) is 41.1 Å². The third-order valence-electron chi connectivity index (χ3n) is 3.76. The van der Waals surface area contributed by atoms with E-state index in [1.165, 1.54) is 18.2 Å². The second kappa shape index (κ2) is 8.01. The normalized spacial score (nSPS) is 14.0. The van der Waals surface area contributed by atoms with Crippen LogP contribution in [0.1, 0.15) is 31.0 Å². The van der Waals surface area contributed by atoms with Crippen molar-refractivity contribution in [1.82, 2.24) is 5.32 Å². The number of benzene rings is 2. The van der Waals surface area contributed by atoms with E-state index in [0.717, 1.165) is 16.1 Å². The molecule has 0 aromatic heterocycles. The second-order valence-corrected chi connectivity index (χ2v) is 6.52. The molecular formula is C18H18BrF3N2O. The van der Waals surface area contributed by atoms with Crippen LogP contribution in [-0.2, 0) is 11.0 Å². The van der Waals surface area contributed by atoms with Crippen molar-refractivity contribution in [3.63, 3.8) is 0 Å². The standard InChI is InChI=1S/C18H18BrF3N2O/c1-11(13-7-3-5-9-15(13)19)23-12(2)17(25)24-16-10-6-4-8-14(16)18(20,21)22/h3-12,23H,1-2H3,(H,24,25). The van der Waals surface area contributed by atoms with Crippen molar-refractivity contribution in [2.24, 2.45) is 0 Å². The molecule has 0 saturated heterocycles. The van der Waals surface area contributed by atoms with Crippen LogP contribution >= 0.6 is 15.9 Å². The average Bonchev–Trinajstić information content (AvgIpc) is 2.54. The minimum Gasteiger partial charge on any atom is -0.324 e. The first-order chi connectivity index (χ1) is 11.7. The predicted molar refractivity (Wildman–Crippen MR) is 95.2 cm³/mol. The van der Waals surface area contributed by atoms with Crippen LogP contribution in [0.15, 0.2) is 53.0 Å². The molecule has 0 aliphatic rings. The molecule has 0 saturated carbocycles. The first kappa shape index (κ1) is 19.5. The molecule has 0 spiro atoms. The van der Waals surface area contributed by atoms with Gasteiger partial charge in [-0.3, -0.25) is 10.1 Å². The third-order valence-corrected chi connectivity index (χ3v) is 4.48. The summed E-state index contributed by atoms with van der Waals surface area (Å²) >= 11 is 3.44. The molecule has 0 fully saturated rings. The minimum atomic E-state index is -4.53. The first-order valence-corrected chi connectivity index (χ1v) is 8.47. The zero-order valence-electron chi connectivity index (χ0n) is 13.7. The number of alkyl halides is 3. The molecule has 0 heterocycles. The summed E-state index contributed by atoms with van der Waals surface area (Å²) in [5.41, 5.74) is -0.158. The number of hydrogen-bond acceptors (Lipinski definition) is 2. The van der Waals surface area contributed by atoms with Gasteiger partial charge in [-0.2, -0.15) is 13.2 Å². The summed E-state index contributed by atoms with van der Waals surface area (Å²) in [6.45, 7) is 3.49. The number of carbonyl (C=O) groups is 1. The van der Waals surface area contributed by atoms with Gasteiger partial charge in [0.1, 0.15) is 0 Å². The number of amides is 1. The Balaban J connectivity index is 2.08. The highest BCUT2D eigenvalue weighted by Gasteiger charge is 2.33. The van der Waals surface area contributed by atoms with Crippen LogP contribution in [0.5, 0.6) is 0 Å². The largest absolute Gasteiger partial charge is 0.418 e. The van der Waals surface area contributed by atoms with Gasteiger partial charge >= 0.3 is 6.18 Å². The summed E-state index contributed by atoms with van der Waals surface area (Å²) < 4.78 is 39.9. The van der Waals surface area contributed by atoms with Crippen LogP contribution in [0.25, 0.3) is 0 Å². The smallest absolute Gasteiger partial charge is 0.324 e. The van der Waals surface area contributed by atoms with Gasteiger partial charge in [0.25, 0.3) is 0 Å². The van der Waals surface area contributed by atoms with Gasteiger partial charge < -0.3 is 5.32 Å². The van der Waals surface area contributed by atoms with Crippen molar-refractivity contribution >= 4 is 27.5 Å². The molecule has 0 aliphatic heterocycles. The summed E-state index contributed by atoms with van der Waals surface area (Å²) in [5, 5.41) is 5.45. The van der Waals surface area contributed by atoms with Crippen molar-refractivity contribution in [1.29, 1.82) is 0 Å². The van der Waals surface area contributed by atoms with Gasteiger partial charge in [0.2, 0.25) is 5.91 Å². The molecule has 2 N–H and O–H groups in total. The molecule has 0 bridgehead atoms. The van der Waals surface area contributed by atoms with Gasteiger partial charge in [-0.25, -0.2) is 0 Å². The number of carbonyl (C=O) groups excluding carboxylic acids is 1. The SMILES string of the molecule is CC(NC(C)c1ccccc1Br)C(=O)Nc1ccccc1C(F)(F)F. The van der Waals surface area contributed by atoms with E-state index in [1.54, 1.807) is 6.92 Å². The Morgan fingerprint density at radius 2 is 1.64 bits per heavy atom. The van der Waals surface area contributed by atoms with E-state index in [0.29, 0.717) is 0 Å². The molecule has 7 heteroatoms. The van der Waals surface area contributed by atoms with Crippen molar-refractivity contribution in [3.05, 3.63) is 64.1 Å². The lowest BCUT2D eigenvalue weighted by Gasteiger charge is -2.22. The summed E-state index contributed by atoms with van der Waals surface area (Å²) in [6, 6.07) is 11.6. The number of para-hydroxylation sites is 1. The number of rotatable bonds is 5. The highest BCUT2D eigenvalue weighted by Crippen LogP contribution is 2.34. The number of hydrogen-bond donors (Lipinski definition) is 2. The van der Waals surface area contributed by atoms with E-state index in [9.17, 15) is 18.0 Å². The second-order valence-electron chi connectivity index (χ2n) is 5.66. The van der Waals surface area contributed by atoms with E-state index in [4.69, 9.17) is 0 Å². The fourth-order valence-corrected chi connectivity index (χ4v) is 3.08. The van der Waals surface area contributed by atoms with E-state index in [2.05, 4.69) is 26.6 Å². The van der Waals surface area contributed by atoms with Crippen LogP contribution in [-0.4, -0.2) is 11.9 Å². The lowest BCUT2D eigenvalue weighted by atomic mass is 10.1. The third kappa shape index (κ3) is 5.06. The zero-order valence-corrected chi connectivity index (χ0v) is 15.3. The fourth-order valence-electron chi connectivity index (χ4n) is 2.45. The van der Waals surface area contributed by atoms with Crippen LogP contribution in [0.4, 0.5) is 18.9 Å². The zero-order chi connectivity index (χ0) is 18.6. The Bertz CT molecular complexity index is 749. The average molecular weight is 415 g/mol. The van der Waals surface area contributed by atoms with Crippen LogP contribution < -0.4 is 10.6 Å². The predicted octanol–water partition coefficient (Wildman–Crippen LogP) is 5.15. The molecule has 0 aliphatic carbocycles. The van der Waals surface area contributed by atoms with Gasteiger partial charge in [-0.1, -0.05) is 46.3 Å². The maximum Gasteiger partial charge on any atom is 0.418 e. The van der Waals surface area contributed by atoms with E-state index in [-0.39, 0.29) is 11.7 Å². The molecule has 2 atom stereocenters. The molecular weight excluding hydrogens is 397 g/mol. The Labute approximate surface area is 152 Å². The highest BCUT2D eigenvalue weighted by molar-refractivity contribution is 9.10. The maximum absolute atomic E-state index is 13.0. The highest BCUT2D eigenvalue weighted by atomic mass is 79.9. The van der Waals surface area contributed by atoms with Crippen LogP contribution in [0, 0.1) is 0 Å². The van der Waals surface area contributed by atoms with Crippen molar-refractivity contribution in [3.8, 4) is 0 Å². The summed E-state index contributed by atoms with van der Waals surface area (Å²) in [5.74, 6) is -0.532. The molecule has 2 unspecified atom stereocenters. The van der Waals surface area contributed by atoms with Gasteiger partial charge in [0, 0.05) is 10.5 Å². The van der Waals surface area contributed by atoms with E-state index in [1.807, 2.05) is 31.2 Å². The molecule has 3 nitrogen and oxygen atoms in total. The lowest BCUT2D eigenvalue weighted by Crippen LogP contribution is -2.39. The van der Waals surface area contributed by atoms with Crippen molar-refractivity contribution < 1.29 is 18.0 Å². The Kier molecular flexibility index (Phi) is 6.24. The molecule has 2 aromatic carbocycles. The van der Waals surface area contributed by atoms with Crippen molar-refractivity contribution in [2.75, 3.05) is 5.32 Å². The molecule has 2 rings (SSSR count). The van der Waals surface area contributed by atoms with E-state index >= 15 is 0 Å². The van der Waals surface area contributed by atoms with Crippen LogP contribution in [0.3, 0.4) is 0 Å². The van der Waals surface area contributed by atoms with Gasteiger partial charge in [-0.15, -0.1) is 0 Å². The van der Waals surface area contributed by atoms with E-state index < -0.39 is 23.7 Å². The monoisotopic (exact) mass is 414 g/mol. The first-order valence-electron chi connectivity index (χ1n) is 7.67. The summed E-state index contributed by atoms with van der Waals surface area (Å²) in [6.07, 6.45) is -4.53. The summed E-state index contributed by atoms with van der Waals surface area (Å²) in [7, 11) is 0. The molecule has 134 valence electrons. The quantitative estimate of drug-likeness (QED) is 0.710. The van der Waals surface area contributed by atoms with Gasteiger partial charge in [-0.05, 0) is 37.6 Å². The summed E-state index contributed by atoms with van der Waals surface area (Å²) in [4.78, 5) is 12.3. The lowest BCUT2D eigenvalue weighted by molar-refractivity contribution is -0.137. The van der Waals surface area contributed by atoms with Crippen LogP contribution in [0.2, 0.25) is 0 Å². The molecule has 0 radical (unpaired) electrons. The van der Waals surface area contributed by atoms with Crippen molar-refractivity contribution in [2.45, 2.75) is 32.1 Å². The molecule has 2 aromatic rings. The fraction of sp³-hybridized carbons (Fsp3) is 0.278. The Hall–Kier alpha value is -1.86.